The van der Waals surface area contributed by atoms with Gasteiger partial charge < -0.3 is 4.98 Å². The van der Waals surface area contributed by atoms with Gasteiger partial charge in [0.15, 0.2) is 10.8 Å². The van der Waals surface area contributed by atoms with Gasteiger partial charge in [-0.25, -0.2) is 9.67 Å². The van der Waals surface area contributed by atoms with Gasteiger partial charge in [0.25, 0.3) is 5.56 Å². The Morgan fingerprint density at radius 1 is 1.13 bits per heavy atom. The number of H-pyrrole nitrogens is 1. The highest BCUT2D eigenvalue weighted by atomic mass is 32.2. The summed E-state index contributed by atoms with van der Waals surface area (Å²) < 4.78 is 40.4. The molecule has 1 N–H and O–H groups in total. The number of aryl methyl sites for hydroxylation is 1. The summed E-state index contributed by atoms with van der Waals surface area (Å²) in [7, 11) is 0. The lowest BCUT2D eigenvalue weighted by Gasteiger charge is -2.10. The molecular weight excluding hydrogens is 413 g/mol. The van der Waals surface area contributed by atoms with Gasteiger partial charge in [-0.3, -0.25) is 4.79 Å². The summed E-state index contributed by atoms with van der Waals surface area (Å²) in [5.74, 6) is 0.232. The molecule has 9 heteroatoms. The fourth-order valence-electron chi connectivity index (χ4n) is 3.10. The van der Waals surface area contributed by atoms with Crippen LogP contribution in [0.2, 0.25) is 0 Å². The van der Waals surface area contributed by atoms with Crippen LogP contribution in [0.5, 0.6) is 0 Å². The summed E-state index contributed by atoms with van der Waals surface area (Å²) in [6, 6.07) is 10.9. The molecule has 0 bridgehead atoms. The molecule has 4 rings (SSSR count). The number of aromatic amines is 1. The summed E-state index contributed by atoms with van der Waals surface area (Å²) >= 11 is 1.16. The number of rotatable bonds is 4. The van der Waals surface area contributed by atoms with Gasteiger partial charge in [-0.15, -0.1) is 0 Å². The zero-order valence-electron chi connectivity index (χ0n) is 16.1. The van der Waals surface area contributed by atoms with E-state index in [0.717, 1.165) is 40.7 Å². The Morgan fingerprint density at radius 3 is 2.67 bits per heavy atom. The Labute approximate surface area is 174 Å². The second-order valence-electron chi connectivity index (χ2n) is 6.87. The Morgan fingerprint density at radius 2 is 1.90 bits per heavy atom. The summed E-state index contributed by atoms with van der Waals surface area (Å²) in [6.45, 7) is 3.95. The van der Waals surface area contributed by atoms with Crippen molar-refractivity contribution in [3.8, 4) is 5.69 Å². The Bertz CT molecular complexity index is 1290. The van der Waals surface area contributed by atoms with Crippen molar-refractivity contribution in [1.82, 2.24) is 19.7 Å². The minimum absolute atomic E-state index is 0.232. The van der Waals surface area contributed by atoms with Crippen LogP contribution >= 0.6 is 11.8 Å². The number of nitrogens with zero attached hydrogens (tertiary/aromatic N) is 3. The highest BCUT2D eigenvalue weighted by Crippen LogP contribution is 2.31. The van der Waals surface area contributed by atoms with Gasteiger partial charge in [0.2, 0.25) is 0 Å². The van der Waals surface area contributed by atoms with Crippen molar-refractivity contribution in [2.24, 2.45) is 0 Å². The van der Waals surface area contributed by atoms with E-state index in [1.165, 1.54) is 12.3 Å². The molecule has 2 aromatic heterocycles. The van der Waals surface area contributed by atoms with Crippen LogP contribution in [0.25, 0.3) is 16.7 Å². The molecule has 0 spiro atoms. The molecule has 0 aliphatic heterocycles. The molecule has 0 radical (unpaired) electrons. The van der Waals surface area contributed by atoms with Gasteiger partial charge in [-0.2, -0.15) is 18.3 Å². The third-order valence-corrected chi connectivity index (χ3v) is 5.79. The van der Waals surface area contributed by atoms with Crippen LogP contribution in [0.3, 0.4) is 0 Å². The largest absolute Gasteiger partial charge is 0.416 e. The molecule has 30 heavy (non-hydrogen) atoms. The van der Waals surface area contributed by atoms with E-state index in [2.05, 4.69) is 15.1 Å². The predicted octanol–water partition coefficient (Wildman–Crippen LogP) is 5.04. The zero-order chi connectivity index (χ0) is 21.5. The van der Waals surface area contributed by atoms with E-state index in [-0.39, 0.29) is 11.3 Å². The van der Waals surface area contributed by atoms with E-state index in [1.54, 1.807) is 10.7 Å². The fraction of sp³-hybridized carbons (Fsp3) is 0.190. The van der Waals surface area contributed by atoms with Crippen LogP contribution in [0, 0.1) is 13.8 Å². The molecule has 2 heterocycles. The van der Waals surface area contributed by atoms with Crippen LogP contribution in [0.15, 0.2) is 58.6 Å². The van der Waals surface area contributed by atoms with Gasteiger partial charge >= 0.3 is 6.18 Å². The number of halogens is 3. The van der Waals surface area contributed by atoms with Gasteiger partial charge in [0.05, 0.1) is 17.4 Å². The van der Waals surface area contributed by atoms with Crippen LogP contribution in [0.1, 0.15) is 22.3 Å². The van der Waals surface area contributed by atoms with Gasteiger partial charge in [0.1, 0.15) is 5.39 Å². The molecule has 0 saturated heterocycles. The molecule has 0 atom stereocenters. The normalized spacial score (nSPS) is 11.9. The van der Waals surface area contributed by atoms with E-state index in [1.807, 2.05) is 32.0 Å². The van der Waals surface area contributed by atoms with E-state index in [9.17, 15) is 18.0 Å². The van der Waals surface area contributed by atoms with Crippen molar-refractivity contribution < 1.29 is 13.2 Å². The number of fused-ring (bicyclic) bond motifs is 1. The minimum atomic E-state index is -4.40. The Hall–Kier alpha value is -3.07. The standard InChI is InChI=1S/C21H17F3N4OS/c1-12-5-3-8-17(13(12)2)28-18-16(10-25-28)19(29)27-20(26-18)30-11-14-6-4-7-15(9-14)21(22,23)24/h3-10H,11H2,1-2H3,(H,26,27,29). The number of aromatic nitrogens is 4. The van der Waals surface area contributed by atoms with Crippen molar-refractivity contribution in [1.29, 1.82) is 0 Å². The van der Waals surface area contributed by atoms with Crippen LogP contribution in [0.4, 0.5) is 13.2 Å². The number of hydrogen-bond acceptors (Lipinski definition) is 4. The van der Waals surface area contributed by atoms with E-state index >= 15 is 0 Å². The van der Waals surface area contributed by atoms with Crippen molar-refractivity contribution in [3.63, 3.8) is 0 Å². The van der Waals surface area contributed by atoms with Crippen LogP contribution < -0.4 is 5.56 Å². The average molecular weight is 430 g/mol. The maximum Gasteiger partial charge on any atom is 0.416 e. The number of hydrogen-bond donors (Lipinski definition) is 1. The number of benzene rings is 2. The summed E-state index contributed by atoms with van der Waals surface area (Å²) in [5.41, 5.74) is 2.76. The first-order chi connectivity index (χ1) is 14.2. The fourth-order valence-corrected chi connectivity index (χ4v) is 3.90. The highest BCUT2D eigenvalue weighted by molar-refractivity contribution is 7.98. The molecule has 4 aromatic rings. The predicted molar refractivity (Wildman–Crippen MR) is 110 cm³/mol. The SMILES string of the molecule is Cc1cccc(-n2ncc3c(=O)[nH]c(SCc4cccc(C(F)(F)F)c4)nc32)c1C. The van der Waals surface area contributed by atoms with Gasteiger partial charge in [-0.05, 0) is 42.7 Å². The first-order valence-corrected chi connectivity index (χ1v) is 10.1. The highest BCUT2D eigenvalue weighted by Gasteiger charge is 2.30. The second-order valence-corrected chi connectivity index (χ2v) is 7.83. The first-order valence-electron chi connectivity index (χ1n) is 9.07. The monoisotopic (exact) mass is 430 g/mol. The van der Waals surface area contributed by atoms with E-state index in [4.69, 9.17) is 0 Å². The molecule has 0 amide bonds. The van der Waals surface area contributed by atoms with Crippen molar-refractivity contribution in [2.45, 2.75) is 30.9 Å². The van der Waals surface area contributed by atoms with Gasteiger partial charge in [-0.1, -0.05) is 42.1 Å². The molecule has 0 unspecified atom stereocenters. The van der Waals surface area contributed by atoms with Crippen molar-refractivity contribution in [2.75, 3.05) is 0 Å². The number of alkyl halides is 3. The lowest BCUT2D eigenvalue weighted by molar-refractivity contribution is -0.137. The average Bonchev–Trinajstić information content (AvgIpc) is 3.12. The Balaban J connectivity index is 1.68. The van der Waals surface area contributed by atoms with E-state index < -0.39 is 11.7 Å². The van der Waals surface area contributed by atoms with Crippen LogP contribution in [-0.2, 0) is 11.9 Å². The van der Waals surface area contributed by atoms with E-state index in [0.29, 0.717) is 21.8 Å². The smallest absolute Gasteiger partial charge is 0.301 e. The number of thioether (sulfide) groups is 1. The summed E-state index contributed by atoms with van der Waals surface area (Å²) in [6.07, 6.45) is -2.94. The molecule has 0 aliphatic rings. The van der Waals surface area contributed by atoms with Crippen molar-refractivity contribution in [3.05, 3.63) is 81.3 Å². The number of nitrogens with one attached hydrogen (secondary N) is 1. The molecular formula is C21H17F3N4OS. The summed E-state index contributed by atoms with van der Waals surface area (Å²) in [4.78, 5) is 19.7. The third-order valence-electron chi connectivity index (χ3n) is 4.85. The van der Waals surface area contributed by atoms with Gasteiger partial charge in [0, 0.05) is 5.75 Å². The molecule has 0 saturated carbocycles. The lowest BCUT2D eigenvalue weighted by atomic mass is 10.1. The molecule has 154 valence electrons. The van der Waals surface area contributed by atoms with Crippen molar-refractivity contribution >= 4 is 22.8 Å². The topological polar surface area (TPSA) is 63.6 Å². The maximum atomic E-state index is 12.9. The molecule has 5 nitrogen and oxygen atoms in total. The third kappa shape index (κ3) is 3.85. The van der Waals surface area contributed by atoms with Crippen LogP contribution in [-0.4, -0.2) is 19.7 Å². The lowest BCUT2D eigenvalue weighted by Crippen LogP contribution is -2.10. The summed E-state index contributed by atoms with van der Waals surface area (Å²) in [5, 5.41) is 4.99. The minimum Gasteiger partial charge on any atom is -0.301 e. The molecule has 0 aliphatic carbocycles. The first kappa shape index (κ1) is 20.2. The molecule has 2 aromatic carbocycles. The zero-order valence-corrected chi connectivity index (χ0v) is 16.9. The molecule has 0 fully saturated rings. The Kier molecular flexibility index (Phi) is 5.15. The second kappa shape index (κ2) is 7.64. The quantitative estimate of drug-likeness (QED) is 0.364. The maximum absolute atomic E-state index is 12.9.